The van der Waals surface area contributed by atoms with E-state index in [-0.39, 0.29) is 10.5 Å². The van der Waals surface area contributed by atoms with E-state index in [2.05, 4.69) is 5.32 Å². The summed E-state index contributed by atoms with van der Waals surface area (Å²) in [5, 5.41) is 2.52. The third-order valence-electron chi connectivity index (χ3n) is 2.48. The maximum Gasteiger partial charge on any atom is 0.261 e. The van der Waals surface area contributed by atoms with Crippen LogP contribution in [0.4, 0.5) is 10.1 Å². The van der Waals surface area contributed by atoms with Crippen LogP contribution in [0.3, 0.4) is 0 Å². The number of rotatable bonds is 3. The van der Waals surface area contributed by atoms with Crippen LogP contribution in [0.5, 0.6) is 0 Å². The molecule has 0 fully saturated rings. The SMILES string of the molecule is O=C(Nc1ccc(F)cc1)c1cccc(S(=O)(=O)Cl)c1. The van der Waals surface area contributed by atoms with Crippen LogP contribution in [0.2, 0.25) is 0 Å². The first kappa shape index (κ1) is 14.5. The van der Waals surface area contributed by atoms with Gasteiger partial charge >= 0.3 is 0 Å². The summed E-state index contributed by atoms with van der Waals surface area (Å²) in [5.74, 6) is -0.933. The van der Waals surface area contributed by atoms with Gasteiger partial charge in [0.25, 0.3) is 15.0 Å². The quantitative estimate of drug-likeness (QED) is 0.886. The highest BCUT2D eigenvalue weighted by Crippen LogP contribution is 2.17. The minimum Gasteiger partial charge on any atom is -0.322 e. The standard InChI is InChI=1S/C13H9ClFNO3S/c14-20(18,19)12-3-1-2-9(8-12)13(17)16-11-6-4-10(15)5-7-11/h1-8H,(H,16,17). The molecular formula is C13H9ClFNO3S. The van der Waals surface area contributed by atoms with Crippen molar-refractivity contribution >= 4 is 31.3 Å². The zero-order valence-electron chi connectivity index (χ0n) is 10.0. The van der Waals surface area contributed by atoms with E-state index in [1.54, 1.807) is 0 Å². The second-order valence-corrected chi connectivity index (χ2v) is 6.49. The second kappa shape index (κ2) is 5.60. The van der Waals surface area contributed by atoms with Crippen LogP contribution in [-0.2, 0) is 9.05 Å². The van der Waals surface area contributed by atoms with Crippen molar-refractivity contribution < 1.29 is 17.6 Å². The van der Waals surface area contributed by atoms with Gasteiger partial charge in [-0.05, 0) is 42.5 Å². The first-order chi connectivity index (χ1) is 9.36. The van der Waals surface area contributed by atoms with Gasteiger partial charge in [0.05, 0.1) is 4.90 Å². The summed E-state index contributed by atoms with van der Waals surface area (Å²) in [6.45, 7) is 0. The molecule has 7 heteroatoms. The van der Waals surface area contributed by atoms with Crippen LogP contribution in [0.25, 0.3) is 0 Å². The molecule has 0 unspecified atom stereocenters. The van der Waals surface area contributed by atoms with Gasteiger partial charge in [-0.3, -0.25) is 4.79 Å². The molecule has 0 bridgehead atoms. The lowest BCUT2D eigenvalue weighted by molar-refractivity contribution is 0.102. The number of amides is 1. The van der Waals surface area contributed by atoms with Crippen LogP contribution in [-0.4, -0.2) is 14.3 Å². The number of halogens is 2. The van der Waals surface area contributed by atoms with Gasteiger partial charge in [-0.2, -0.15) is 0 Å². The Bertz CT molecular complexity index is 744. The molecule has 20 heavy (non-hydrogen) atoms. The maximum atomic E-state index is 12.7. The van der Waals surface area contributed by atoms with E-state index in [0.29, 0.717) is 5.69 Å². The molecule has 0 aliphatic heterocycles. The molecule has 0 aromatic heterocycles. The van der Waals surface area contributed by atoms with Gasteiger partial charge in [-0.1, -0.05) is 6.07 Å². The number of carbonyl (C=O) groups is 1. The topological polar surface area (TPSA) is 63.2 Å². The fraction of sp³-hybridized carbons (Fsp3) is 0. The van der Waals surface area contributed by atoms with Crippen LogP contribution in [0.15, 0.2) is 53.4 Å². The zero-order valence-corrected chi connectivity index (χ0v) is 11.6. The Hall–Kier alpha value is -1.92. The molecule has 0 radical (unpaired) electrons. The average Bonchev–Trinajstić information content (AvgIpc) is 2.40. The second-order valence-electron chi connectivity index (χ2n) is 3.93. The monoisotopic (exact) mass is 313 g/mol. The Labute approximate surface area is 119 Å². The van der Waals surface area contributed by atoms with Gasteiger partial charge in [-0.25, -0.2) is 12.8 Å². The molecule has 1 amide bonds. The lowest BCUT2D eigenvalue weighted by Gasteiger charge is -2.06. The largest absolute Gasteiger partial charge is 0.322 e. The molecule has 0 saturated carbocycles. The smallest absolute Gasteiger partial charge is 0.261 e. The van der Waals surface area contributed by atoms with Crippen molar-refractivity contribution in [2.24, 2.45) is 0 Å². The lowest BCUT2D eigenvalue weighted by atomic mass is 10.2. The summed E-state index contributed by atoms with van der Waals surface area (Å²) in [6, 6.07) is 10.5. The Morgan fingerprint density at radius 3 is 2.35 bits per heavy atom. The van der Waals surface area contributed by atoms with Crippen molar-refractivity contribution in [1.29, 1.82) is 0 Å². The van der Waals surface area contributed by atoms with Crippen LogP contribution in [0.1, 0.15) is 10.4 Å². The predicted molar refractivity (Wildman–Crippen MR) is 73.8 cm³/mol. The van der Waals surface area contributed by atoms with E-state index in [4.69, 9.17) is 10.7 Å². The Balaban J connectivity index is 2.23. The van der Waals surface area contributed by atoms with E-state index in [1.807, 2.05) is 0 Å². The molecular weight excluding hydrogens is 305 g/mol. The molecule has 2 rings (SSSR count). The minimum atomic E-state index is -3.89. The first-order valence-corrected chi connectivity index (χ1v) is 7.79. The van der Waals surface area contributed by atoms with Crippen molar-refractivity contribution in [2.45, 2.75) is 4.90 Å². The molecule has 0 aliphatic carbocycles. The number of benzene rings is 2. The number of nitrogens with one attached hydrogen (secondary N) is 1. The summed E-state index contributed by atoms with van der Waals surface area (Å²) < 4.78 is 35.1. The molecule has 104 valence electrons. The summed E-state index contributed by atoms with van der Waals surface area (Å²) in [4.78, 5) is 11.8. The fourth-order valence-electron chi connectivity index (χ4n) is 1.53. The van der Waals surface area contributed by atoms with E-state index in [9.17, 15) is 17.6 Å². The van der Waals surface area contributed by atoms with Gasteiger partial charge in [0, 0.05) is 21.9 Å². The molecule has 2 aromatic rings. The van der Waals surface area contributed by atoms with E-state index in [0.717, 1.165) is 0 Å². The fourth-order valence-corrected chi connectivity index (χ4v) is 2.32. The average molecular weight is 314 g/mol. The summed E-state index contributed by atoms with van der Waals surface area (Å²) in [7, 11) is 1.32. The van der Waals surface area contributed by atoms with Crippen molar-refractivity contribution in [2.75, 3.05) is 5.32 Å². The van der Waals surface area contributed by atoms with E-state index in [1.165, 1.54) is 48.5 Å². The molecule has 4 nitrogen and oxygen atoms in total. The predicted octanol–water partition coefficient (Wildman–Crippen LogP) is 3.01. The third-order valence-corrected chi connectivity index (χ3v) is 3.83. The van der Waals surface area contributed by atoms with Gasteiger partial charge in [0.2, 0.25) is 0 Å². The minimum absolute atomic E-state index is 0.135. The van der Waals surface area contributed by atoms with E-state index >= 15 is 0 Å². The Kier molecular flexibility index (Phi) is 4.06. The molecule has 0 heterocycles. The molecule has 0 spiro atoms. The highest BCUT2D eigenvalue weighted by molar-refractivity contribution is 8.13. The molecule has 0 saturated heterocycles. The third kappa shape index (κ3) is 3.55. The van der Waals surface area contributed by atoms with Crippen molar-refractivity contribution in [3.05, 3.63) is 59.9 Å². The number of hydrogen-bond donors (Lipinski definition) is 1. The van der Waals surface area contributed by atoms with Crippen LogP contribution < -0.4 is 5.32 Å². The van der Waals surface area contributed by atoms with Gasteiger partial charge in [0.15, 0.2) is 0 Å². The van der Waals surface area contributed by atoms with Crippen LogP contribution >= 0.6 is 10.7 Å². The maximum absolute atomic E-state index is 12.7. The number of carbonyl (C=O) groups excluding carboxylic acids is 1. The van der Waals surface area contributed by atoms with Crippen molar-refractivity contribution in [1.82, 2.24) is 0 Å². The van der Waals surface area contributed by atoms with Gasteiger partial charge in [-0.15, -0.1) is 0 Å². The Morgan fingerprint density at radius 1 is 1.10 bits per heavy atom. The molecule has 2 aromatic carbocycles. The summed E-state index contributed by atoms with van der Waals surface area (Å²) in [5.41, 5.74) is 0.534. The van der Waals surface area contributed by atoms with Gasteiger partial charge in [0.1, 0.15) is 5.82 Å². The summed E-state index contributed by atoms with van der Waals surface area (Å²) >= 11 is 0. The number of anilines is 1. The molecule has 0 atom stereocenters. The lowest BCUT2D eigenvalue weighted by Crippen LogP contribution is -2.12. The summed E-state index contributed by atoms with van der Waals surface area (Å²) in [6.07, 6.45) is 0. The van der Waals surface area contributed by atoms with Crippen molar-refractivity contribution in [3.8, 4) is 0 Å². The normalized spacial score (nSPS) is 11.1. The van der Waals surface area contributed by atoms with Crippen molar-refractivity contribution in [3.63, 3.8) is 0 Å². The molecule has 1 N–H and O–H groups in total. The number of hydrogen-bond acceptors (Lipinski definition) is 3. The zero-order chi connectivity index (χ0) is 14.8. The highest BCUT2D eigenvalue weighted by atomic mass is 35.7. The molecule has 0 aliphatic rings. The van der Waals surface area contributed by atoms with Crippen LogP contribution in [0, 0.1) is 5.82 Å². The first-order valence-electron chi connectivity index (χ1n) is 5.48. The van der Waals surface area contributed by atoms with E-state index < -0.39 is 20.8 Å². The highest BCUT2D eigenvalue weighted by Gasteiger charge is 2.13. The Morgan fingerprint density at radius 2 is 1.75 bits per heavy atom. The van der Waals surface area contributed by atoms with Gasteiger partial charge < -0.3 is 5.32 Å².